The van der Waals surface area contributed by atoms with Crippen LogP contribution in [0.15, 0.2) is 23.2 Å². The van der Waals surface area contributed by atoms with Crippen LogP contribution in [0.2, 0.25) is 0 Å². The fourth-order valence-corrected chi connectivity index (χ4v) is 3.01. The third-order valence-corrected chi connectivity index (χ3v) is 4.64. The lowest BCUT2D eigenvalue weighted by molar-refractivity contribution is 0.111. The molecule has 0 bridgehead atoms. The normalized spacial score (nSPS) is 21.0. The van der Waals surface area contributed by atoms with Crippen LogP contribution in [0.5, 0.6) is 11.5 Å². The lowest BCUT2D eigenvalue weighted by Crippen LogP contribution is -2.35. The monoisotopic (exact) mass is 302 g/mol. The number of aliphatic imine (C=N–C) groups is 1. The molecule has 1 saturated heterocycles. The summed E-state index contributed by atoms with van der Waals surface area (Å²) >= 11 is 0. The van der Waals surface area contributed by atoms with E-state index in [0.29, 0.717) is 0 Å². The highest BCUT2D eigenvalue weighted by Gasteiger charge is 2.45. The molecule has 0 amide bonds. The molecule has 0 radical (unpaired) electrons. The maximum absolute atomic E-state index is 10.6. The van der Waals surface area contributed by atoms with Gasteiger partial charge >= 0.3 is 0 Å². The molecule has 1 saturated carbocycles. The van der Waals surface area contributed by atoms with E-state index in [0.717, 1.165) is 55.8 Å². The minimum absolute atomic E-state index is 0.213. The molecule has 2 fully saturated rings. The zero-order valence-electron chi connectivity index (χ0n) is 13.2. The van der Waals surface area contributed by atoms with Gasteiger partial charge in [0.25, 0.3) is 0 Å². The molecule has 2 aliphatic rings. The van der Waals surface area contributed by atoms with Crippen molar-refractivity contribution in [2.75, 3.05) is 27.2 Å². The zero-order chi connectivity index (χ0) is 15.6. The summed E-state index contributed by atoms with van der Waals surface area (Å²) in [5.74, 6) is 1.48. The first-order valence-electron chi connectivity index (χ1n) is 7.79. The topological polar surface area (TPSA) is 51.1 Å². The van der Waals surface area contributed by atoms with Crippen molar-refractivity contribution in [3.8, 4) is 11.5 Å². The minimum atomic E-state index is -0.376. The van der Waals surface area contributed by atoms with Crippen LogP contribution >= 0.6 is 0 Å². The van der Waals surface area contributed by atoms with Gasteiger partial charge in [-0.1, -0.05) is 6.07 Å². The Bertz CT molecular complexity index is 584. The second kappa shape index (κ2) is 6.11. The summed E-state index contributed by atoms with van der Waals surface area (Å²) in [7, 11) is 3.78. The average Bonchev–Trinajstić information content (AvgIpc) is 3.31. The molecule has 1 heterocycles. The number of isocyanates is 1. The summed E-state index contributed by atoms with van der Waals surface area (Å²) in [5.41, 5.74) is 0.637. The number of likely N-dealkylation sites (tertiary alicyclic amines) is 1. The van der Waals surface area contributed by atoms with E-state index in [1.54, 1.807) is 13.2 Å². The van der Waals surface area contributed by atoms with Gasteiger partial charge in [0.1, 0.15) is 6.10 Å². The van der Waals surface area contributed by atoms with Gasteiger partial charge in [0, 0.05) is 13.1 Å². The van der Waals surface area contributed by atoms with E-state index in [-0.39, 0.29) is 11.6 Å². The van der Waals surface area contributed by atoms with Gasteiger partial charge in [-0.05, 0) is 50.4 Å². The summed E-state index contributed by atoms with van der Waals surface area (Å²) in [6.45, 7) is 2.10. The quantitative estimate of drug-likeness (QED) is 0.619. The Morgan fingerprint density at radius 2 is 2.00 bits per heavy atom. The highest BCUT2D eigenvalue weighted by Crippen LogP contribution is 2.50. The van der Waals surface area contributed by atoms with E-state index in [2.05, 4.69) is 16.9 Å². The van der Waals surface area contributed by atoms with Crippen molar-refractivity contribution in [1.29, 1.82) is 0 Å². The maximum atomic E-state index is 10.6. The van der Waals surface area contributed by atoms with Crippen molar-refractivity contribution in [2.45, 2.75) is 37.3 Å². The van der Waals surface area contributed by atoms with E-state index < -0.39 is 0 Å². The van der Waals surface area contributed by atoms with E-state index >= 15 is 0 Å². The Morgan fingerprint density at radius 1 is 1.27 bits per heavy atom. The van der Waals surface area contributed by atoms with Gasteiger partial charge in [-0.25, -0.2) is 4.79 Å². The molecule has 0 unspecified atom stereocenters. The number of piperidine rings is 1. The highest BCUT2D eigenvalue weighted by atomic mass is 16.5. The summed E-state index contributed by atoms with van der Waals surface area (Å²) in [4.78, 5) is 16.9. The van der Waals surface area contributed by atoms with Crippen LogP contribution in [0.4, 0.5) is 0 Å². The first-order chi connectivity index (χ1) is 10.7. The van der Waals surface area contributed by atoms with Gasteiger partial charge in [-0.2, -0.15) is 4.99 Å². The van der Waals surface area contributed by atoms with Gasteiger partial charge in [0.15, 0.2) is 11.5 Å². The SMILES string of the molecule is COc1ccc(C2(N=C=O)CC2)cc1OC1CCN(C)CC1. The maximum Gasteiger partial charge on any atom is 0.235 e. The molecule has 22 heavy (non-hydrogen) atoms. The predicted octanol–water partition coefficient (Wildman–Crippen LogP) is 2.49. The van der Waals surface area contributed by atoms with Crippen molar-refractivity contribution in [3.63, 3.8) is 0 Å². The molecular formula is C17H22N2O3. The number of hydrogen-bond donors (Lipinski definition) is 0. The Hall–Kier alpha value is -1.84. The lowest BCUT2D eigenvalue weighted by atomic mass is 10.0. The van der Waals surface area contributed by atoms with Crippen LogP contribution in [-0.2, 0) is 10.3 Å². The van der Waals surface area contributed by atoms with Crippen molar-refractivity contribution in [1.82, 2.24) is 4.90 Å². The van der Waals surface area contributed by atoms with Gasteiger partial charge in [0.2, 0.25) is 6.08 Å². The summed E-state index contributed by atoms with van der Waals surface area (Å²) in [5, 5.41) is 0. The van der Waals surface area contributed by atoms with Gasteiger partial charge in [0.05, 0.1) is 12.6 Å². The van der Waals surface area contributed by atoms with Gasteiger partial charge in [-0.15, -0.1) is 0 Å². The molecule has 0 spiro atoms. The second-order valence-corrected chi connectivity index (χ2v) is 6.22. The molecule has 1 aliphatic heterocycles. The molecule has 0 atom stereocenters. The van der Waals surface area contributed by atoms with Gasteiger partial charge in [-0.3, -0.25) is 0 Å². The molecule has 5 heteroatoms. The molecule has 0 N–H and O–H groups in total. The number of carbonyl (C=O) groups excluding carboxylic acids is 1. The van der Waals surface area contributed by atoms with Crippen LogP contribution in [0.3, 0.4) is 0 Å². The van der Waals surface area contributed by atoms with Crippen LogP contribution in [0.1, 0.15) is 31.2 Å². The van der Waals surface area contributed by atoms with Crippen LogP contribution in [0.25, 0.3) is 0 Å². The van der Waals surface area contributed by atoms with E-state index in [1.807, 2.05) is 18.2 Å². The van der Waals surface area contributed by atoms with E-state index in [9.17, 15) is 4.79 Å². The fraction of sp³-hybridized carbons (Fsp3) is 0.588. The highest BCUT2D eigenvalue weighted by molar-refractivity contribution is 5.48. The average molecular weight is 302 g/mol. The van der Waals surface area contributed by atoms with Crippen molar-refractivity contribution in [2.24, 2.45) is 4.99 Å². The van der Waals surface area contributed by atoms with Gasteiger partial charge < -0.3 is 14.4 Å². The summed E-state index contributed by atoms with van der Waals surface area (Å²) in [6.07, 6.45) is 5.73. The number of hydrogen-bond acceptors (Lipinski definition) is 5. The predicted molar refractivity (Wildman–Crippen MR) is 83.2 cm³/mol. The third-order valence-electron chi connectivity index (χ3n) is 4.64. The standard InChI is InChI=1S/C17H22N2O3/c1-19-9-5-14(6-10-19)22-16-11-13(3-4-15(16)21-2)17(7-8-17)18-12-20/h3-4,11,14H,5-10H2,1-2H3. The second-order valence-electron chi connectivity index (χ2n) is 6.22. The lowest BCUT2D eigenvalue weighted by Gasteiger charge is -2.30. The molecule has 3 rings (SSSR count). The third kappa shape index (κ3) is 3.01. The number of ether oxygens (including phenoxy) is 2. The first kappa shape index (κ1) is 15.1. The molecule has 1 aliphatic carbocycles. The van der Waals surface area contributed by atoms with E-state index in [1.165, 1.54) is 0 Å². The molecular weight excluding hydrogens is 280 g/mol. The Kier molecular flexibility index (Phi) is 4.19. The molecule has 0 aromatic heterocycles. The Balaban J connectivity index is 1.81. The van der Waals surface area contributed by atoms with Crippen LogP contribution in [-0.4, -0.2) is 44.3 Å². The number of methoxy groups -OCH3 is 1. The Labute approximate surface area is 130 Å². The first-order valence-corrected chi connectivity index (χ1v) is 7.79. The zero-order valence-corrected chi connectivity index (χ0v) is 13.2. The largest absolute Gasteiger partial charge is 0.493 e. The number of benzene rings is 1. The van der Waals surface area contributed by atoms with Crippen molar-refractivity contribution in [3.05, 3.63) is 23.8 Å². The Morgan fingerprint density at radius 3 is 2.59 bits per heavy atom. The van der Waals surface area contributed by atoms with Crippen LogP contribution in [0, 0.1) is 0 Å². The van der Waals surface area contributed by atoms with Crippen molar-refractivity contribution >= 4 is 6.08 Å². The summed E-state index contributed by atoms with van der Waals surface area (Å²) < 4.78 is 11.6. The minimum Gasteiger partial charge on any atom is -0.493 e. The molecule has 5 nitrogen and oxygen atoms in total. The van der Waals surface area contributed by atoms with Crippen LogP contribution < -0.4 is 9.47 Å². The molecule has 118 valence electrons. The smallest absolute Gasteiger partial charge is 0.235 e. The number of nitrogens with zero attached hydrogens (tertiary/aromatic N) is 2. The molecule has 1 aromatic rings. The van der Waals surface area contributed by atoms with E-state index in [4.69, 9.17) is 9.47 Å². The fourth-order valence-electron chi connectivity index (χ4n) is 3.01. The number of rotatable bonds is 5. The molecule has 1 aromatic carbocycles. The van der Waals surface area contributed by atoms with Crippen molar-refractivity contribution < 1.29 is 14.3 Å². The summed E-state index contributed by atoms with van der Waals surface area (Å²) in [6, 6.07) is 5.85.